The van der Waals surface area contributed by atoms with Crippen LogP contribution in [0.4, 0.5) is 15.8 Å². The van der Waals surface area contributed by atoms with Crippen molar-refractivity contribution in [1.29, 1.82) is 0 Å². The maximum absolute atomic E-state index is 13.9. The van der Waals surface area contributed by atoms with E-state index >= 15 is 0 Å². The van der Waals surface area contributed by atoms with Gasteiger partial charge in [0.25, 0.3) is 15.9 Å². The van der Waals surface area contributed by atoms with Gasteiger partial charge in [0.2, 0.25) is 0 Å². The van der Waals surface area contributed by atoms with Gasteiger partial charge in [-0.2, -0.15) is 0 Å². The van der Waals surface area contributed by atoms with Gasteiger partial charge in [-0.1, -0.05) is 17.7 Å². The first-order valence-corrected chi connectivity index (χ1v) is 8.72. The van der Waals surface area contributed by atoms with Gasteiger partial charge in [0.15, 0.2) is 11.9 Å². The summed E-state index contributed by atoms with van der Waals surface area (Å²) in [5.74, 6) is -0.961. The minimum absolute atomic E-state index is 0.145. The molecule has 3 rings (SSSR count). The first kappa shape index (κ1) is 16.5. The zero-order valence-electron chi connectivity index (χ0n) is 12.3. The summed E-state index contributed by atoms with van der Waals surface area (Å²) in [5, 5.41) is 2.31. The fraction of sp³-hybridized carbons (Fsp3) is 0.133. The quantitative estimate of drug-likeness (QED) is 0.869. The van der Waals surface area contributed by atoms with Crippen molar-refractivity contribution in [2.75, 3.05) is 10.0 Å². The summed E-state index contributed by atoms with van der Waals surface area (Å²) in [6, 6.07) is 8.04. The fourth-order valence-electron chi connectivity index (χ4n) is 2.17. The third-order valence-corrected chi connectivity index (χ3v) is 5.06. The standard InChI is InChI=1S/C15H12ClFN2O4S/c1-8-15(20)18-11-7-9(5-6-12(11)23-8)19-24(21,22)13-4-2-3-10(16)14(13)17/h2-8,19H,1H3,(H,18,20). The van der Waals surface area contributed by atoms with E-state index in [1.165, 1.54) is 30.3 Å². The smallest absolute Gasteiger partial charge is 0.265 e. The maximum atomic E-state index is 13.9. The molecule has 0 radical (unpaired) electrons. The molecule has 2 N–H and O–H groups in total. The second kappa shape index (κ2) is 5.95. The Morgan fingerprint density at radius 3 is 2.79 bits per heavy atom. The topological polar surface area (TPSA) is 84.5 Å². The summed E-state index contributed by atoms with van der Waals surface area (Å²) in [5.41, 5.74) is 0.469. The van der Waals surface area contributed by atoms with E-state index in [2.05, 4.69) is 10.0 Å². The third kappa shape index (κ3) is 3.02. The normalized spacial score (nSPS) is 16.8. The van der Waals surface area contributed by atoms with E-state index < -0.39 is 26.8 Å². The van der Waals surface area contributed by atoms with E-state index in [1.807, 2.05) is 0 Å². The van der Waals surface area contributed by atoms with Gasteiger partial charge in [-0.3, -0.25) is 9.52 Å². The molecule has 2 aromatic rings. The number of fused-ring (bicyclic) bond motifs is 1. The zero-order chi connectivity index (χ0) is 17.5. The predicted octanol–water partition coefficient (Wildman–Crippen LogP) is 3.00. The number of rotatable bonds is 3. The molecule has 0 saturated heterocycles. The lowest BCUT2D eigenvalue weighted by Gasteiger charge is -2.23. The Morgan fingerprint density at radius 2 is 2.04 bits per heavy atom. The molecule has 126 valence electrons. The van der Waals surface area contributed by atoms with Gasteiger partial charge in [0, 0.05) is 0 Å². The first-order valence-electron chi connectivity index (χ1n) is 6.86. The van der Waals surface area contributed by atoms with E-state index in [4.69, 9.17) is 16.3 Å². The highest BCUT2D eigenvalue weighted by Crippen LogP contribution is 2.33. The van der Waals surface area contributed by atoms with E-state index in [9.17, 15) is 17.6 Å². The number of carbonyl (C=O) groups is 1. The number of ether oxygens (including phenoxy) is 1. The number of benzene rings is 2. The highest BCUT2D eigenvalue weighted by molar-refractivity contribution is 7.92. The molecule has 1 heterocycles. The molecule has 0 saturated carbocycles. The van der Waals surface area contributed by atoms with Gasteiger partial charge in [0.1, 0.15) is 10.6 Å². The number of amides is 1. The van der Waals surface area contributed by atoms with Gasteiger partial charge in [0.05, 0.1) is 16.4 Å². The minimum atomic E-state index is -4.18. The Morgan fingerprint density at radius 1 is 1.29 bits per heavy atom. The Kier molecular flexibility index (Phi) is 4.10. The second-order valence-corrected chi connectivity index (χ2v) is 7.18. The number of anilines is 2. The fourth-order valence-corrected chi connectivity index (χ4v) is 3.56. The van der Waals surface area contributed by atoms with E-state index in [-0.39, 0.29) is 16.6 Å². The molecule has 1 aliphatic rings. The molecule has 0 bridgehead atoms. The molecule has 0 aliphatic carbocycles. The molecule has 2 aromatic carbocycles. The lowest BCUT2D eigenvalue weighted by Crippen LogP contribution is -2.34. The Labute approximate surface area is 142 Å². The van der Waals surface area contributed by atoms with Gasteiger partial charge in [-0.05, 0) is 37.3 Å². The van der Waals surface area contributed by atoms with E-state index in [1.54, 1.807) is 6.92 Å². The van der Waals surface area contributed by atoms with Crippen LogP contribution in [-0.4, -0.2) is 20.4 Å². The molecule has 9 heteroatoms. The molecule has 0 spiro atoms. The molecule has 0 fully saturated rings. The number of halogens is 2. The molecular formula is C15H12ClFN2O4S. The van der Waals surface area contributed by atoms with Gasteiger partial charge >= 0.3 is 0 Å². The van der Waals surface area contributed by atoms with Crippen LogP contribution in [0, 0.1) is 5.82 Å². The second-order valence-electron chi connectivity index (χ2n) is 5.12. The van der Waals surface area contributed by atoms with Crippen LogP contribution >= 0.6 is 11.6 Å². The Hall–Kier alpha value is -2.32. The summed E-state index contributed by atoms with van der Waals surface area (Å²) in [6.07, 6.45) is -0.638. The summed E-state index contributed by atoms with van der Waals surface area (Å²) < 4.78 is 46.2. The summed E-state index contributed by atoms with van der Waals surface area (Å²) in [6.45, 7) is 1.59. The highest BCUT2D eigenvalue weighted by Gasteiger charge is 2.25. The predicted molar refractivity (Wildman–Crippen MR) is 87.4 cm³/mol. The van der Waals surface area contributed by atoms with Crippen LogP contribution in [0.2, 0.25) is 5.02 Å². The summed E-state index contributed by atoms with van der Waals surface area (Å²) in [4.78, 5) is 11.1. The van der Waals surface area contributed by atoms with Crippen molar-refractivity contribution in [3.8, 4) is 5.75 Å². The Bertz CT molecular complexity index is 933. The lowest BCUT2D eigenvalue weighted by molar-refractivity contribution is -0.122. The van der Waals surface area contributed by atoms with Crippen LogP contribution in [0.3, 0.4) is 0 Å². The van der Waals surface area contributed by atoms with Crippen molar-refractivity contribution >= 4 is 38.9 Å². The van der Waals surface area contributed by atoms with E-state index in [0.29, 0.717) is 11.4 Å². The van der Waals surface area contributed by atoms with E-state index in [0.717, 1.165) is 6.07 Å². The summed E-state index contributed by atoms with van der Waals surface area (Å²) in [7, 11) is -4.18. The van der Waals surface area contributed by atoms with Crippen LogP contribution in [0.15, 0.2) is 41.3 Å². The molecule has 0 aromatic heterocycles. The molecule has 1 aliphatic heterocycles. The van der Waals surface area contributed by atoms with Crippen LogP contribution < -0.4 is 14.8 Å². The molecule has 1 unspecified atom stereocenters. The lowest BCUT2D eigenvalue weighted by atomic mass is 10.2. The van der Waals surface area contributed by atoms with Crippen LogP contribution in [0.1, 0.15) is 6.92 Å². The first-order chi connectivity index (χ1) is 11.3. The molecule has 6 nitrogen and oxygen atoms in total. The average Bonchev–Trinajstić information content (AvgIpc) is 2.51. The molecule has 24 heavy (non-hydrogen) atoms. The van der Waals surface area contributed by atoms with Crippen molar-refractivity contribution in [3.63, 3.8) is 0 Å². The third-order valence-electron chi connectivity index (χ3n) is 3.37. The minimum Gasteiger partial charge on any atom is -0.479 e. The number of carbonyl (C=O) groups excluding carboxylic acids is 1. The maximum Gasteiger partial charge on any atom is 0.265 e. The highest BCUT2D eigenvalue weighted by atomic mass is 35.5. The molecule has 1 atom stereocenters. The van der Waals surface area contributed by atoms with Crippen molar-refractivity contribution in [3.05, 3.63) is 47.2 Å². The largest absolute Gasteiger partial charge is 0.479 e. The number of hydrogen-bond donors (Lipinski definition) is 2. The SMILES string of the molecule is CC1Oc2ccc(NS(=O)(=O)c3cccc(Cl)c3F)cc2NC1=O. The molecular weight excluding hydrogens is 359 g/mol. The number of nitrogens with one attached hydrogen (secondary N) is 2. The number of sulfonamides is 1. The van der Waals surface area contributed by atoms with Crippen LogP contribution in [0.5, 0.6) is 5.75 Å². The Balaban J connectivity index is 1.93. The van der Waals surface area contributed by atoms with Crippen molar-refractivity contribution in [2.24, 2.45) is 0 Å². The number of hydrogen-bond acceptors (Lipinski definition) is 4. The van der Waals surface area contributed by atoms with Crippen molar-refractivity contribution < 1.29 is 22.3 Å². The average molecular weight is 371 g/mol. The van der Waals surface area contributed by atoms with Crippen LogP contribution in [0.25, 0.3) is 0 Å². The van der Waals surface area contributed by atoms with Gasteiger partial charge < -0.3 is 10.1 Å². The van der Waals surface area contributed by atoms with Crippen molar-refractivity contribution in [1.82, 2.24) is 0 Å². The van der Waals surface area contributed by atoms with Crippen molar-refractivity contribution in [2.45, 2.75) is 17.9 Å². The van der Waals surface area contributed by atoms with Gasteiger partial charge in [-0.25, -0.2) is 12.8 Å². The zero-order valence-corrected chi connectivity index (χ0v) is 13.9. The van der Waals surface area contributed by atoms with Crippen LogP contribution in [-0.2, 0) is 14.8 Å². The molecule has 1 amide bonds. The summed E-state index contributed by atoms with van der Waals surface area (Å²) >= 11 is 5.62. The van der Waals surface area contributed by atoms with Gasteiger partial charge in [-0.15, -0.1) is 0 Å². The monoisotopic (exact) mass is 370 g/mol.